The monoisotopic (exact) mass is 226 g/mol. The van der Waals surface area contributed by atoms with Gasteiger partial charge in [-0.2, -0.15) is 0 Å². The second kappa shape index (κ2) is 7.66. The van der Waals surface area contributed by atoms with Crippen molar-refractivity contribution < 1.29 is 4.79 Å². The average molecular weight is 226 g/mol. The molecule has 1 saturated carbocycles. The van der Waals surface area contributed by atoms with E-state index in [1.165, 1.54) is 32.1 Å². The summed E-state index contributed by atoms with van der Waals surface area (Å²) in [4.78, 5) is 11.0. The van der Waals surface area contributed by atoms with E-state index in [-0.39, 0.29) is 5.91 Å². The maximum Gasteiger partial charge on any atom is 0.221 e. The van der Waals surface area contributed by atoms with Crippen molar-refractivity contribution in [3.05, 3.63) is 0 Å². The van der Waals surface area contributed by atoms with Crippen LogP contribution in [-0.2, 0) is 4.79 Å². The molecule has 3 nitrogen and oxygen atoms in total. The van der Waals surface area contributed by atoms with E-state index in [0.717, 1.165) is 24.9 Å². The molecule has 0 aromatic heterocycles. The molecule has 0 radical (unpaired) electrons. The molecule has 0 aromatic carbocycles. The van der Waals surface area contributed by atoms with Gasteiger partial charge in [0.25, 0.3) is 0 Å². The zero-order chi connectivity index (χ0) is 11.8. The molecule has 1 fully saturated rings. The van der Waals surface area contributed by atoms with Crippen LogP contribution in [0.25, 0.3) is 0 Å². The van der Waals surface area contributed by atoms with E-state index < -0.39 is 0 Å². The highest BCUT2D eigenvalue weighted by atomic mass is 16.1. The number of hydrogen-bond acceptors (Lipinski definition) is 2. The molecule has 0 bridgehead atoms. The van der Waals surface area contributed by atoms with Crippen molar-refractivity contribution in [2.45, 2.75) is 45.4 Å². The Morgan fingerprint density at radius 3 is 2.81 bits per heavy atom. The van der Waals surface area contributed by atoms with Crippen LogP contribution in [-0.4, -0.2) is 26.0 Å². The molecule has 1 aliphatic rings. The van der Waals surface area contributed by atoms with Gasteiger partial charge in [-0.3, -0.25) is 4.79 Å². The summed E-state index contributed by atoms with van der Waals surface area (Å²) >= 11 is 0. The predicted octanol–water partition coefficient (Wildman–Crippen LogP) is 1.93. The Bertz CT molecular complexity index is 206. The molecule has 1 rings (SSSR count). The molecule has 2 unspecified atom stereocenters. The first-order valence-electron chi connectivity index (χ1n) is 6.63. The van der Waals surface area contributed by atoms with E-state index in [2.05, 4.69) is 17.6 Å². The number of hydrogen-bond donors (Lipinski definition) is 2. The largest absolute Gasteiger partial charge is 0.359 e. The Morgan fingerprint density at radius 1 is 1.31 bits per heavy atom. The van der Waals surface area contributed by atoms with Gasteiger partial charge in [-0.15, -0.1) is 0 Å². The van der Waals surface area contributed by atoms with Gasteiger partial charge < -0.3 is 10.6 Å². The Labute approximate surface area is 99.4 Å². The lowest BCUT2D eigenvalue weighted by atomic mass is 9.81. The third kappa shape index (κ3) is 5.50. The van der Waals surface area contributed by atoms with E-state index in [9.17, 15) is 4.79 Å². The van der Waals surface area contributed by atoms with E-state index >= 15 is 0 Å². The molecular weight excluding hydrogens is 200 g/mol. The molecule has 0 spiro atoms. The Hall–Kier alpha value is -0.570. The normalized spacial score (nSPS) is 25.4. The molecule has 0 saturated heterocycles. The van der Waals surface area contributed by atoms with Crippen LogP contribution >= 0.6 is 0 Å². The third-order valence-electron chi connectivity index (χ3n) is 3.58. The summed E-state index contributed by atoms with van der Waals surface area (Å²) in [6, 6.07) is 0. The minimum atomic E-state index is 0.124. The second-order valence-corrected chi connectivity index (χ2v) is 5.10. The number of carbonyl (C=O) groups excluding carboxylic acids is 1. The lowest BCUT2D eigenvalue weighted by Crippen LogP contribution is -2.26. The van der Waals surface area contributed by atoms with Crippen LogP contribution in [0.3, 0.4) is 0 Å². The maximum absolute atomic E-state index is 11.0. The summed E-state index contributed by atoms with van der Waals surface area (Å²) in [6.07, 6.45) is 7.50. The van der Waals surface area contributed by atoms with E-state index in [0.29, 0.717) is 6.42 Å². The fourth-order valence-electron chi connectivity index (χ4n) is 2.58. The highest BCUT2D eigenvalue weighted by molar-refractivity contribution is 5.75. The Kier molecular flexibility index (Phi) is 6.46. The second-order valence-electron chi connectivity index (χ2n) is 5.10. The first-order chi connectivity index (χ1) is 7.72. The van der Waals surface area contributed by atoms with Crippen LogP contribution in [0.1, 0.15) is 45.4 Å². The summed E-state index contributed by atoms with van der Waals surface area (Å²) in [5.74, 6) is 1.96. The van der Waals surface area contributed by atoms with Gasteiger partial charge in [0.2, 0.25) is 5.91 Å². The van der Waals surface area contributed by atoms with Crippen molar-refractivity contribution in [1.29, 1.82) is 0 Å². The fraction of sp³-hybridized carbons (Fsp3) is 0.923. The molecule has 2 atom stereocenters. The van der Waals surface area contributed by atoms with Crippen LogP contribution in [0.4, 0.5) is 0 Å². The van der Waals surface area contributed by atoms with Gasteiger partial charge in [-0.05, 0) is 31.2 Å². The van der Waals surface area contributed by atoms with Crippen molar-refractivity contribution in [3.8, 4) is 0 Å². The number of carbonyl (C=O) groups is 1. The molecule has 0 heterocycles. The third-order valence-corrected chi connectivity index (χ3v) is 3.58. The molecule has 1 aliphatic carbocycles. The van der Waals surface area contributed by atoms with Crippen molar-refractivity contribution >= 4 is 5.91 Å². The van der Waals surface area contributed by atoms with Crippen molar-refractivity contribution in [3.63, 3.8) is 0 Å². The Morgan fingerprint density at radius 2 is 2.12 bits per heavy atom. The van der Waals surface area contributed by atoms with Gasteiger partial charge in [-0.1, -0.05) is 26.2 Å². The quantitative estimate of drug-likeness (QED) is 0.679. The van der Waals surface area contributed by atoms with Gasteiger partial charge >= 0.3 is 0 Å². The van der Waals surface area contributed by atoms with Gasteiger partial charge in [0.1, 0.15) is 0 Å². The van der Waals surface area contributed by atoms with Crippen molar-refractivity contribution in [1.82, 2.24) is 10.6 Å². The molecule has 3 heteroatoms. The van der Waals surface area contributed by atoms with Crippen LogP contribution in [0.2, 0.25) is 0 Å². The first-order valence-corrected chi connectivity index (χ1v) is 6.63. The van der Waals surface area contributed by atoms with E-state index in [1.807, 2.05) is 0 Å². The predicted molar refractivity (Wildman–Crippen MR) is 67.3 cm³/mol. The van der Waals surface area contributed by atoms with Gasteiger partial charge in [-0.25, -0.2) is 0 Å². The molecule has 1 amide bonds. The molecular formula is C13H26N2O. The van der Waals surface area contributed by atoms with Crippen LogP contribution in [0.5, 0.6) is 0 Å². The summed E-state index contributed by atoms with van der Waals surface area (Å²) < 4.78 is 0. The van der Waals surface area contributed by atoms with Crippen LogP contribution in [0, 0.1) is 11.8 Å². The number of nitrogens with one attached hydrogen (secondary N) is 2. The standard InChI is InChI=1S/C13H26N2O/c1-11-4-3-5-12(10-11)6-8-15-9-7-13(16)14-2/h11-12,15H,3-10H2,1-2H3,(H,14,16). The van der Waals surface area contributed by atoms with Gasteiger partial charge in [0.15, 0.2) is 0 Å². The molecule has 0 aliphatic heterocycles. The van der Waals surface area contributed by atoms with Crippen molar-refractivity contribution in [2.24, 2.45) is 11.8 Å². The van der Waals surface area contributed by atoms with Crippen LogP contribution in [0.15, 0.2) is 0 Å². The molecule has 2 N–H and O–H groups in total. The minimum Gasteiger partial charge on any atom is -0.359 e. The van der Waals surface area contributed by atoms with Gasteiger partial charge in [0, 0.05) is 20.0 Å². The molecule has 16 heavy (non-hydrogen) atoms. The highest BCUT2D eigenvalue weighted by Gasteiger charge is 2.17. The fourth-order valence-corrected chi connectivity index (χ4v) is 2.58. The molecule has 0 aromatic rings. The van der Waals surface area contributed by atoms with E-state index in [1.54, 1.807) is 7.05 Å². The number of amides is 1. The topological polar surface area (TPSA) is 41.1 Å². The summed E-state index contributed by atoms with van der Waals surface area (Å²) in [7, 11) is 1.69. The zero-order valence-electron chi connectivity index (χ0n) is 10.7. The lowest BCUT2D eigenvalue weighted by Gasteiger charge is -2.26. The number of rotatable bonds is 6. The first kappa shape index (κ1) is 13.5. The van der Waals surface area contributed by atoms with Crippen LogP contribution < -0.4 is 10.6 Å². The summed E-state index contributed by atoms with van der Waals surface area (Å²) in [5, 5.41) is 5.98. The zero-order valence-corrected chi connectivity index (χ0v) is 10.7. The summed E-state index contributed by atoms with van der Waals surface area (Å²) in [5.41, 5.74) is 0. The van der Waals surface area contributed by atoms with E-state index in [4.69, 9.17) is 0 Å². The maximum atomic E-state index is 11.0. The van der Waals surface area contributed by atoms with Crippen molar-refractivity contribution in [2.75, 3.05) is 20.1 Å². The molecule has 94 valence electrons. The Balaban J connectivity index is 1.96. The average Bonchev–Trinajstić information content (AvgIpc) is 2.28. The smallest absolute Gasteiger partial charge is 0.221 e. The minimum absolute atomic E-state index is 0.124. The van der Waals surface area contributed by atoms with Gasteiger partial charge in [0.05, 0.1) is 0 Å². The SMILES string of the molecule is CNC(=O)CCNCCC1CCCC(C)C1. The summed E-state index contributed by atoms with van der Waals surface area (Å²) in [6.45, 7) is 4.24. The highest BCUT2D eigenvalue weighted by Crippen LogP contribution is 2.30. The lowest BCUT2D eigenvalue weighted by molar-refractivity contribution is -0.120.